The van der Waals surface area contributed by atoms with Crippen molar-refractivity contribution in [1.82, 2.24) is 15.5 Å². The molecule has 116 valence electrons. The van der Waals surface area contributed by atoms with Gasteiger partial charge in [0.2, 0.25) is 0 Å². The number of carbonyl (C=O) groups excluding carboxylic acids is 1. The first-order valence-electron chi connectivity index (χ1n) is 7.41. The van der Waals surface area contributed by atoms with Crippen LogP contribution in [0, 0.1) is 0 Å². The summed E-state index contributed by atoms with van der Waals surface area (Å²) in [5, 5.41) is 11.0. The maximum absolute atomic E-state index is 12.0. The third-order valence-corrected chi connectivity index (χ3v) is 4.50. The number of nitrogens with zero attached hydrogens (tertiary/aromatic N) is 1. The first kappa shape index (κ1) is 15.4. The molecule has 0 saturated heterocycles. The number of hydrogen-bond donors (Lipinski definition) is 2. The lowest BCUT2D eigenvalue weighted by molar-refractivity contribution is 0.0948. The number of H-pyrrole nitrogens is 1. The van der Waals surface area contributed by atoms with Gasteiger partial charge in [0.25, 0.3) is 5.91 Å². The molecule has 0 atom stereocenters. The summed E-state index contributed by atoms with van der Waals surface area (Å²) in [6.07, 6.45) is 4.05. The van der Waals surface area contributed by atoms with E-state index in [1.807, 2.05) is 18.2 Å². The summed E-state index contributed by atoms with van der Waals surface area (Å²) in [4.78, 5) is 12.0. The minimum atomic E-state index is -0.128. The monoisotopic (exact) mass is 337 g/mol. The Morgan fingerprint density at radius 2 is 2.09 bits per heavy atom. The largest absolute Gasteiger partial charge is 0.351 e. The van der Waals surface area contributed by atoms with Gasteiger partial charge < -0.3 is 5.32 Å². The lowest BCUT2D eigenvalue weighted by atomic mass is 10.1. The van der Waals surface area contributed by atoms with Crippen molar-refractivity contribution >= 4 is 29.1 Å². The number of halogens is 2. The van der Waals surface area contributed by atoms with E-state index in [2.05, 4.69) is 15.5 Å². The molecular formula is C16H17Cl2N3O. The molecule has 4 nitrogen and oxygen atoms in total. The predicted molar refractivity (Wildman–Crippen MR) is 87.7 cm³/mol. The molecule has 22 heavy (non-hydrogen) atoms. The van der Waals surface area contributed by atoms with Crippen LogP contribution in [-0.4, -0.2) is 22.6 Å². The van der Waals surface area contributed by atoms with E-state index in [9.17, 15) is 4.79 Å². The lowest BCUT2D eigenvalue weighted by Gasteiger charge is -2.05. The van der Waals surface area contributed by atoms with Gasteiger partial charge in [0.05, 0.1) is 10.0 Å². The number of nitrogens with one attached hydrogen (secondary N) is 2. The van der Waals surface area contributed by atoms with Crippen molar-refractivity contribution in [2.75, 3.05) is 6.54 Å². The summed E-state index contributed by atoms with van der Waals surface area (Å²) in [5.41, 5.74) is 2.65. The van der Waals surface area contributed by atoms with E-state index >= 15 is 0 Å². The number of carbonyl (C=O) groups is 1. The molecule has 1 aromatic heterocycles. The first-order chi connectivity index (χ1) is 10.6. The Balaban J connectivity index is 1.43. The van der Waals surface area contributed by atoms with Gasteiger partial charge in [-0.15, -0.1) is 0 Å². The third-order valence-electron chi connectivity index (χ3n) is 3.76. The highest BCUT2D eigenvalue weighted by Gasteiger charge is 2.26. The van der Waals surface area contributed by atoms with Crippen LogP contribution in [0.1, 0.15) is 46.9 Å². The molecule has 1 saturated carbocycles. The number of amides is 1. The number of benzene rings is 1. The van der Waals surface area contributed by atoms with Gasteiger partial charge in [-0.2, -0.15) is 5.10 Å². The van der Waals surface area contributed by atoms with Crippen LogP contribution < -0.4 is 5.32 Å². The average Bonchev–Trinajstić information content (AvgIpc) is 3.24. The van der Waals surface area contributed by atoms with E-state index < -0.39 is 0 Å². The molecule has 3 rings (SSSR count). The maximum Gasteiger partial charge on any atom is 0.271 e. The van der Waals surface area contributed by atoms with Gasteiger partial charge in [0.1, 0.15) is 5.69 Å². The molecule has 0 bridgehead atoms. The highest BCUT2D eigenvalue weighted by Crippen LogP contribution is 2.38. The second-order valence-corrected chi connectivity index (χ2v) is 6.41. The fourth-order valence-electron chi connectivity index (χ4n) is 2.34. The van der Waals surface area contributed by atoms with Crippen LogP contribution in [0.25, 0.3) is 0 Å². The number of aromatic amines is 1. The van der Waals surface area contributed by atoms with Crippen LogP contribution in [0.5, 0.6) is 0 Å². The molecule has 1 heterocycles. The zero-order chi connectivity index (χ0) is 15.5. The Morgan fingerprint density at radius 1 is 1.27 bits per heavy atom. The van der Waals surface area contributed by atoms with Gasteiger partial charge >= 0.3 is 0 Å². The molecule has 1 fully saturated rings. The SMILES string of the molecule is O=C(NCCCc1ccc(Cl)c(Cl)c1)c1cc(C2CC2)[nH]n1. The second-order valence-electron chi connectivity index (χ2n) is 5.59. The lowest BCUT2D eigenvalue weighted by Crippen LogP contribution is -2.25. The zero-order valence-electron chi connectivity index (χ0n) is 12.0. The number of hydrogen-bond acceptors (Lipinski definition) is 2. The fraction of sp³-hybridized carbons (Fsp3) is 0.375. The van der Waals surface area contributed by atoms with Crippen molar-refractivity contribution in [2.45, 2.75) is 31.6 Å². The molecule has 1 aliphatic rings. The quantitative estimate of drug-likeness (QED) is 0.784. The summed E-state index contributed by atoms with van der Waals surface area (Å²) in [7, 11) is 0. The Bertz CT molecular complexity index is 680. The number of rotatable bonds is 6. The van der Waals surface area contributed by atoms with Crippen molar-refractivity contribution in [3.8, 4) is 0 Å². The topological polar surface area (TPSA) is 57.8 Å². The number of aromatic nitrogens is 2. The minimum Gasteiger partial charge on any atom is -0.351 e. The van der Waals surface area contributed by atoms with E-state index in [0.717, 1.165) is 24.1 Å². The van der Waals surface area contributed by atoms with E-state index in [4.69, 9.17) is 23.2 Å². The molecule has 1 aromatic carbocycles. The fourth-order valence-corrected chi connectivity index (χ4v) is 2.66. The maximum atomic E-state index is 12.0. The Labute approximate surface area is 139 Å². The molecule has 0 radical (unpaired) electrons. The van der Waals surface area contributed by atoms with E-state index in [1.165, 1.54) is 12.8 Å². The normalized spacial score (nSPS) is 14.1. The van der Waals surface area contributed by atoms with Crippen LogP contribution in [0.15, 0.2) is 24.3 Å². The zero-order valence-corrected chi connectivity index (χ0v) is 13.5. The molecule has 2 aromatic rings. The average molecular weight is 338 g/mol. The summed E-state index contributed by atoms with van der Waals surface area (Å²) >= 11 is 11.9. The van der Waals surface area contributed by atoms with Crippen molar-refractivity contribution < 1.29 is 4.79 Å². The second kappa shape index (κ2) is 6.71. The molecule has 0 aliphatic heterocycles. The Kier molecular flexibility index (Phi) is 4.69. The van der Waals surface area contributed by atoms with Crippen molar-refractivity contribution in [2.24, 2.45) is 0 Å². The predicted octanol–water partition coefficient (Wildman–Crippen LogP) is 3.96. The number of aryl methyl sites for hydroxylation is 1. The smallest absolute Gasteiger partial charge is 0.271 e. The Hall–Kier alpha value is -1.52. The highest BCUT2D eigenvalue weighted by molar-refractivity contribution is 6.42. The summed E-state index contributed by atoms with van der Waals surface area (Å²) < 4.78 is 0. The van der Waals surface area contributed by atoms with Crippen LogP contribution >= 0.6 is 23.2 Å². The van der Waals surface area contributed by atoms with Crippen LogP contribution in [0.2, 0.25) is 10.0 Å². The van der Waals surface area contributed by atoms with E-state index in [-0.39, 0.29) is 5.91 Å². The minimum absolute atomic E-state index is 0.128. The van der Waals surface area contributed by atoms with E-state index in [0.29, 0.717) is 28.2 Å². The standard InChI is InChI=1S/C16H17Cl2N3O/c17-12-6-3-10(8-13(12)18)2-1-7-19-16(22)15-9-14(20-21-15)11-4-5-11/h3,6,8-9,11H,1-2,4-5,7H2,(H,19,22)(H,20,21). The molecule has 2 N–H and O–H groups in total. The molecular weight excluding hydrogens is 321 g/mol. The summed E-state index contributed by atoms with van der Waals surface area (Å²) in [5.74, 6) is 0.445. The van der Waals surface area contributed by atoms with Gasteiger partial charge in [0, 0.05) is 18.2 Å². The molecule has 0 unspecified atom stereocenters. The molecule has 0 spiro atoms. The summed E-state index contributed by atoms with van der Waals surface area (Å²) in [6.45, 7) is 0.602. The van der Waals surface area contributed by atoms with Gasteiger partial charge in [-0.1, -0.05) is 29.3 Å². The van der Waals surface area contributed by atoms with Crippen LogP contribution in [0.3, 0.4) is 0 Å². The Morgan fingerprint density at radius 3 is 2.82 bits per heavy atom. The van der Waals surface area contributed by atoms with Crippen LogP contribution in [-0.2, 0) is 6.42 Å². The third kappa shape index (κ3) is 3.81. The van der Waals surface area contributed by atoms with Gasteiger partial charge in [-0.25, -0.2) is 0 Å². The molecule has 6 heteroatoms. The van der Waals surface area contributed by atoms with Crippen molar-refractivity contribution in [3.63, 3.8) is 0 Å². The molecule has 1 aliphatic carbocycles. The molecule has 1 amide bonds. The van der Waals surface area contributed by atoms with Crippen molar-refractivity contribution in [3.05, 3.63) is 51.3 Å². The van der Waals surface area contributed by atoms with Gasteiger partial charge in [0.15, 0.2) is 0 Å². The van der Waals surface area contributed by atoms with Crippen molar-refractivity contribution in [1.29, 1.82) is 0 Å². The van der Waals surface area contributed by atoms with Gasteiger partial charge in [-0.05, 0) is 49.4 Å². The first-order valence-corrected chi connectivity index (χ1v) is 8.16. The van der Waals surface area contributed by atoms with E-state index in [1.54, 1.807) is 6.07 Å². The highest BCUT2D eigenvalue weighted by atomic mass is 35.5. The van der Waals surface area contributed by atoms with Crippen LogP contribution in [0.4, 0.5) is 0 Å². The summed E-state index contributed by atoms with van der Waals surface area (Å²) in [6, 6.07) is 7.46. The van der Waals surface area contributed by atoms with Gasteiger partial charge in [-0.3, -0.25) is 9.89 Å².